The van der Waals surface area contributed by atoms with Gasteiger partial charge in [0.2, 0.25) is 17.7 Å². The van der Waals surface area contributed by atoms with E-state index in [0.29, 0.717) is 59.1 Å². The van der Waals surface area contributed by atoms with Gasteiger partial charge >= 0.3 is 12.2 Å². The van der Waals surface area contributed by atoms with Gasteiger partial charge in [-0.2, -0.15) is 0 Å². The Labute approximate surface area is 383 Å². The molecule has 5 N–H and O–H groups in total. The minimum absolute atomic E-state index is 0. The van der Waals surface area contributed by atoms with Gasteiger partial charge in [-0.15, -0.1) is 12.4 Å². The summed E-state index contributed by atoms with van der Waals surface area (Å²) in [6, 6.07) is 16.0. The van der Waals surface area contributed by atoms with Crippen LogP contribution in [0.3, 0.4) is 0 Å². The highest BCUT2D eigenvalue weighted by Crippen LogP contribution is 2.31. The fourth-order valence-electron chi connectivity index (χ4n) is 6.34. The molecule has 0 spiro atoms. The number of amides is 4. The SMILES string of the molecule is CC(=O)NC[C@H]1CN(c2ccc(-c3ccc(CNCc4cocn4)nc3)c(F)c2)C(=O)O1.COc1ccc(-c2ccc(N3C[C@H](CNC(C)=O)OC3=O)cc2F)cn1.Cl.NCc1cocn1. The van der Waals surface area contributed by atoms with Crippen molar-refractivity contribution < 1.29 is 51.0 Å². The molecule has 6 heterocycles. The number of ether oxygens (including phenoxy) is 3. The Kier molecular flexibility index (Phi) is 18.0. The van der Waals surface area contributed by atoms with E-state index in [1.54, 1.807) is 54.9 Å². The zero-order chi connectivity index (χ0) is 46.3. The molecule has 66 heavy (non-hydrogen) atoms. The van der Waals surface area contributed by atoms with Crippen LogP contribution in [0.2, 0.25) is 0 Å². The van der Waals surface area contributed by atoms with Crippen LogP contribution in [-0.2, 0) is 38.7 Å². The molecule has 19 nitrogen and oxygen atoms in total. The Morgan fingerprint density at radius 3 is 1.61 bits per heavy atom. The summed E-state index contributed by atoms with van der Waals surface area (Å²) in [6.07, 6.45) is 6.87. The number of nitrogens with two attached hydrogens (primary N) is 1. The maximum absolute atomic E-state index is 14.8. The highest BCUT2D eigenvalue weighted by molar-refractivity contribution is 5.91. The number of cyclic esters (lactones) is 2. The molecule has 2 fully saturated rings. The second-order valence-corrected chi connectivity index (χ2v) is 14.3. The Morgan fingerprint density at radius 1 is 0.712 bits per heavy atom. The highest BCUT2D eigenvalue weighted by Gasteiger charge is 2.34. The van der Waals surface area contributed by atoms with Crippen molar-refractivity contribution in [1.82, 2.24) is 35.9 Å². The molecule has 2 aliphatic rings. The van der Waals surface area contributed by atoms with E-state index < -0.39 is 36.0 Å². The summed E-state index contributed by atoms with van der Waals surface area (Å²) in [5.74, 6) is -0.925. The van der Waals surface area contributed by atoms with E-state index in [-0.39, 0.29) is 50.4 Å². The molecular formula is C44H47ClF2N10O9. The summed E-state index contributed by atoms with van der Waals surface area (Å²) in [6.45, 7) is 5.22. The molecule has 2 aliphatic heterocycles. The van der Waals surface area contributed by atoms with Crippen LogP contribution in [0.25, 0.3) is 22.3 Å². The minimum atomic E-state index is -0.573. The molecule has 2 aromatic carbocycles. The van der Waals surface area contributed by atoms with Gasteiger partial charge < -0.3 is 44.7 Å². The first-order chi connectivity index (χ1) is 31.4. The third kappa shape index (κ3) is 13.8. The molecule has 0 radical (unpaired) electrons. The predicted molar refractivity (Wildman–Crippen MR) is 237 cm³/mol. The Morgan fingerprint density at radius 2 is 1.21 bits per heavy atom. The first-order valence-corrected chi connectivity index (χ1v) is 20.1. The Bertz CT molecular complexity index is 2520. The highest BCUT2D eigenvalue weighted by atomic mass is 35.5. The third-order valence-corrected chi connectivity index (χ3v) is 9.61. The lowest BCUT2D eigenvalue weighted by Gasteiger charge is -2.14. The maximum atomic E-state index is 14.8. The van der Waals surface area contributed by atoms with Gasteiger partial charge in [0.1, 0.15) is 36.4 Å². The van der Waals surface area contributed by atoms with Crippen LogP contribution in [0.15, 0.2) is 107 Å². The van der Waals surface area contributed by atoms with Crippen LogP contribution < -0.4 is 36.2 Å². The molecule has 2 atom stereocenters. The molecule has 348 valence electrons. The number of hydrogen-bond donors (Lipinski definition) is 4. The number of methoxy groups -OCH3 is 1. The summed E-state index contributed by atoms with van der Waals surface area (Å²) < 4.78 is 54.3. The van der Waals surface area contributed by atoms with Gasteiger partial charge in [-0.1, -0.05) is 6.07 Å². The first-order valence-electron chi connectivity index (χ1n) is 20.1. The van der Waals surface area contributed by atoms with Crippen molar-refractivity contribution in [3.8, 4) is 28.1 Å². The average Bonchev–Trinajstić information content (AvgIpc) is 4.15. The number of hydrogen-bond acceptors (Lipinski definition) is 15. The Hall–Kier alpha value is -7.49. The van der Waals surface area contributed by atoms with Crippen LogP contribution in [-0.4, -0.2) is 89.4 Å². The van der Waals surface area contributed by atoms with E-state index in [2.05, 4.69) is 40.3 Å². The second-order valence-electron chi connectivity index (χ2n) is 14.3. The number of pyridine rings is 2. The van der Waals surface area contributed by atoms with E-state index in [1.165, 1.54) is 68.1 Å². The van der Waals surface area contributed by atoms with Gasteiger partial charge in [-0.25, -0.2) is 33.3 Å². The molecule has 0 saturated carbocycles. The molecule has 0 aliphatic carbocycles. The number of nitrogens with one attached hydrogen (secondary N) is 3. The number of halogens is 3. The quantitative estimate of drug-likeness (QED) is 0.105. The van der Waals surface area contributed by atoms with Crippen molar-refractivity contribution in [3.63, 3.8) is 0 Å². The predicted octanol–water partition coefficient (Wildman–Crippen LogP) is 5.54. The van der Waals surface area contributed by atoms with Crippen LogP contribution >= 0.6 is 12.4 Å². The molecule has 22 heteroatoms. The fraction of sp³-hybridized carbons (Fsp3) is 0.273. The molecule has 4 amide bonds. The van der Waals surface area contributed by atoms with E-state index in [4.69, 9.17) is 24.4 Å². The Balaban J connectivity index is 0.000000216. The van der Waals surface area contributed by atoms with Crippen LogP contribution in [0.1, 0.15) is 30.9 Å². The number of benzene rings is 2. The van der Waals surface area contributed by atoms with Crippen molar-refractivity contribution in [2.24, 2.45) is 5.73 Å². The van der Waals surface area contributed by atoms with E-state index in [0.717, 1.165) is 17.1 Å². The normalized spacial score (nSPS) is 15.0. The van der Waals surface area contributed by atoms with Crippen molar-refractivity contribution in [1.29, 1.82) is 0 Å². The molecular weight excluding hydrogens is 886 g/mol. The largest absolute Gasteiger partial charge is 0.481 e. The van der Waals surface area contributed by atoms with E-state index in [1.807, 2.05) is 6.07 Å². The number of rotatable bonds is 14. The lowest BCUT2D eigenvalue weighted by molar-refractivity contribution is -0.120. The molecule has 0 unspecified atom stereocenters. The summed E-state index contributed by atoms with van der Waals surface area (Å²) in [7, 11) is 1.51. The smallest absolute Gasteiger partial charge is 0.414 e. The van der Waals surface area contributed by atoms with Crippen molar-refractivity contribution in [3.05, 3.63) is 127 Å². The van der Waals surface area contributed by atoms with Gasteiger partial charge in [0.05, 0.1) is 61.7 Å². The lowest BCUT2D eigenvalue weighted by Crippen LogP contribution is -2.33. The molecule has 4 aromatic heterocycles. The standard InChI is InChI=1S/C22H22FN5O4.C18H18FN3O4.C4H6N2O.ClH/c1-14(29)25-10-19-11-28(22(30)32-19)18-4-5-20(21(23)6-18)15-2-3-16(26-7-15)8-24-9-17-12-31-13-27-17;1-11(23)20-9-14-10-22(18(24)26-14)13-4-5-15(16(19)7-13)12-3-6-17(25-2)21-8-12;5-1-4-2-7-3-6-4;/h2-7,12-13,19,24H,8-11H2,1H3,(H,25,29);3-8,14H,9-10H2,1-2H3,(H,20,23);2-3H,1,5H2;1H/t19-;14-;;/m00../s1. The zero-order valence-electron chi connectivity index (χ0n) is 35.9. The fourth-order valence-corrected chi connectivity index (χ4v) is 6.34. The van der Waals surface area contributed by atoms with Crippen molar-refractivity contribution in [2.75, 3.05) is 43.1 Å². The van der Waals surface area contributed by atoms with Gasteiger partial charge in [-0.05, 0) is 48.5 Å². The number of nitrogens with zero attached hydrogens (tertiary/aromatic N) is 6. The minimum Gasteiger partial charge on any atom is -0.481 e. The molecule has 0 bridgehead atoms. The summed E-state index contributed by atoms with van der Waals surface area (Å²) in [5, 5.41) is 8.41. The molecule has 6 aromatic rings. The third-order valence-electron chi connectivity index (χ3n) is 9.61. The summed E-state index contributed by atoms with van der Waals surface area (Å²) in [4.78, 5) is 65.1. The number of aromatic nitrogens is 4. The first kappa shape index (κ1) is 49.5. The van der Waals surface area contributed by atoms with Gasteiger partial charge in [0.15, 0.2) is 12.8 Å². The number of carbonyl (C=O) groups excluding carboxylic acids is 4. The summed E-state index contributed by atoms with van der Waals surface area (Å²) in [5.41, 5.74) is 10.3. The summed E-state index contributed by atoms with van der Waals surface area (Å²) >= 11 is 0. The lowest BCUT2D eigenvalue weighted by atomic mass is 10.1. The number of carbonyl (C=O) groups is 4. The average molecular weight is 933 g/mol. The van der Waals surface area contributed by atoms with E-state index in [9.17, 15) is 28.0 Å². The van der Waals surface area contributed by atoms with Crippen LogP contribution in [0, 0.1) is 11.6 Å². The zero-order valence-corrected chi connectivity index (χ0v) is 36.8. The number of anilines is 2. The van der Waals surface area contributed by atoms with Gasteiger partial charge in [0, 0.05) is 74.2 Å². The number of oxazole rings is 2. The maximum Gasteiger partial charge on any atom is 0.414 e. The van der Waals surface area contributed by atoms with Crippen molar-refractivity contribution >= 4 is 47.8 Å². The van der Waals surface area contributed by atoms with Crippen molar-refractivity contribution in [2.45, 2.75) is 45.7 Å². The molecule has 8 rings (SSSR count). The van der Waals surface area contributed by atoms with Crippen LogP contribution in [0.5, 0.6) is 5.88 Å². The van der Waals surface area contributed by atoms with E-state index >= 15 is 0 Å². The van der Waals surface area contributed by atoms with Gasteiger partial charge in [-0.3, -0.25) is 24.4 Å². The molecule has 2 saturated heterocycles. The topological polar surface area (TPSA) is 242 Å². The van der Waals surface area contributed by atoms with Gasteiger partial charge in [0.25, 0.3) is 0 Å². The second kappa shape index (κ2) is 24.0. The van der Waals surface area contributed by atoms with Crippen LogP contribution in [0.4, 0.5) is 29.7 Å². The monoisotopic (exact) mass is 932 g/mol.